The van der Waals surface area contributed by atoms with Crippen LogP contribution in [0.4, 0.5) is 9.93 Å². The predicted molar refractivity (Wildman–Crippen MR) is 100 cm³/mol. The molecule has 8 heteroatoms. The third-order valence-corrected chi connectivity index (χ3v) is 4.08. The van der Waals surface area contributed by atoms with Crippen LogP contribution in [0.2, 0.25) is 0 Å². The van der Waals surface area contributed by atoms with E-state index in [0.29, 0.717) is 24.0 Å². The monoisotopic (exact) mass is 377 g/mol. The first kappa shape index (κ1) is 19.7. The van der Waals surface area contributed by atoms with Crippen molar-refractivity contribution < 1.29 is 19.1 Å². The van der Waals surface area contributed by atoms with Gasteiger partial charge in [0, 0.05) is 11.9 Å². The maximum atomic E-state index is 12.1. The number of nitrogens with one attached hydrogen (secondary N) is 2. The number of aromatic nitrogens is 1. The Bertz CT molecular complexity index is 746. The first-order valence-electron chi connectivity index (χ1n) is 8.24. The van der Waals surface area contributed by atoms with Crippen molar-refractivity contribution in [2.24, 2.45) is 5.92 Å². The highest BCUT2D eigenvalue weighted by atomic mass is 32.1. The fourth-order valence-corrected chi connectivity index (χ4v) is 2.72. The molecule has 2 amide bonds. The largest absolute Gasteiger partial charge is 0.497 e. The molecule has 0 aliphatic carbocycles. The summed E-state index contributed by atoms with van der Waals surface area (Å²) in [4.78, 5) is 27.9. The number of carbonyl (C=O) groups excluding carboxylic acids is 2. The minimum atomic E-state index is -0.540. The zero-order valence-corrected chi connectivity index (χ0v) is 15.9. The van der Waals surface area contributed by atoms with Crippen molar-refractivity contribution in [3.05, 3.63) is 40.9 Å². The molecular weight excluding hydrogens is 354 g/mol. The normalized spacial score (nSPS) is 10.5. The SMILES string of the molecule is COc1cccc(CNC(=O)Cc2csc(NC(=O)OCC(C)C)n2)c1. The molecule has 0 saturated heterocycles. The number of hydrogen-bond acceptors (Lipinski definition) is 6. The second-order valence-corrected chi connectivity index (χ2v) is 6.92. The topological polar surface area (TPSA) is 89.6 Å². The van der Waals surface area contributed by atoms with Gasteiger partial charge in [-0.15, -0.1) is 11.3 Å². The van der Waals surface area contributed by atoms with Crippen molar-refractivity contribution >= 4 is 28.5 Å². The van der Waals surface area contributed by atoms with E-state index in [0.717, 1.165) is 11.3 Å². The van der Waals surface area contributed by atoms with Crippen molar-refractivity contribution in [1.29, 1.82) is 0 Å². The van der Waals surface area contributed by atoms with Gasteiger partial charge in [0.15, 0.2) is 5.13 Å². The number of anilines is 1. The lowest BCUT2D eigenvalue weighted by atomic mass is 10.2. The van der Waals surface area contributed by atoms with E-state index in [4.69, 9.17) is 9.47 Å². The van der Waals surface area contributed by atoms with E-state index < -0.39 is 6.09 Å². The van der Waals surface area contributed by atoms with Gasteiger partial charge in [-0.1, -0.05) is 26.0 Å². The molecule has 0 spiro atoms. The molecule has 1 aromatic carbocycles. The molecule has 0 aliphatic heterocycles. The maximum absolute atomic E-state index is 12.1. The molecule has 1 heterocycles. The van der Waals surface area contributed by atoms with Gasteiger partial charge in [0.05, 0.1) is 25.8 Å². The van der Waals surface area contributed by atoms with Gasteiger partial charge in [-0.05, 0) is 23.6 Å². The molecule has 26 heavy (non-hydrogen) atoms. The average molecular weight is 377 g/mol. The van der Waals surface area contributed by atoms with Crippen molar-refractivity contribution in [2.75, 3.05) is 19.0 Å². The van der Waals surface area contributed by atoms with Crippen LogP contribution >= 0.6 is 11.3 Å². The molecule has 2 N–H and O–H groups in total. The van der Waals surface area contributed by atoms with Gasteiger partial charge in [-0.25, -0.2) is 9.78 Å². The quantitative estimate of drug-likeness (QED) is 0.737. The lowest BCUT2D eigenvalue weighted by Crippen LogP contribution is -2.24. The first-order valence-corrected chi connectivity index (χ1v) is 9.12. The van der Waals surface area contributed by atoms with E-state index in [9.17, 15) is 9.59 Å². The van der Waals surface area contributed by atoms with Gasteiger partial charge >= 0.3 is 6.09 Å². The van der Waals surface area contributed by atoms with Crippen LogP contribution < -0.4 is 15.4 Å². The lowest BCUT2D eigenvalue weighted by molar-refractivity contribution is -0.120. The number of nitrogens with zero attached hydrogens (tertiary/aromatic N) is 1. The van der Waals surface area contributed by atoms with E-state index in [-0.39, 0.29) is 18.2 Å². The molecule has 0 fully saturated rings. The Labute approximate surface area is 156 Å². The Balaban J connectivity index is 1.78. The Morgan fingerprint density at radius 1 is 1.31 bits per heavy atom. The van der Waals surface area contributed by atoms with Crippen LogP contribution in [0.1, 0.15) is 25.1 Å². The van der Waals surface area contributed by atoms with Gasteiger partial charge in [-0.3, -0.25) is 10.1 Å². The smallest absolute Gasteiger partial charge is 0.413 e. The highest BCUT2D eigenvalue weighted by Crippen LogP contribution is 2.16. The summed E-state index contributed by atoms with van der Waals surface area (Å²) in [6.45, 7) is 4.67. The van der Waals surface area contributed by atoms with Crippen molar-refractivity contribution in [3.8, 4) is 5.75 Å². The first-order chi connectivity index (χ1) is 12.5. The van der Waals surface area contributed by atoms with Crippen LogP contribution in [0.5, 0.6) is 5.75 Å². The summed E-state index contributed by atoms with van der Waals surface area (Å²) in [6, 6.07) is 7.50. The molecule has 0 radical (unpaired) electrons. The molecular formula is C18H23N3O4S. The highest BCUT2D eigenvalue weighted by molar-refractivity contribution is 7.13. The van der Waals surface area contributed by atoms with E-state index in [1.54, 1.807) is 12.5 Å². The molecule has 2 aromatic rings. The Morgan fingerprint density at radius 3 is 2.85 bits per heavy atom. The number of amides is 2. The molecule has 2 rings (SSSR count). The Hall–Kier alpha value is -2.61. The van der Waals surface area contributed by atoms with E-state index >= 15 is 0 Å². The summed E-state index contributed by atoms with van der Waals surface area (Å²) in [5.41, 5.74) is 1.54. The maximum Gasteiger partial charge on any atom is 0.413 e. The van der Waals surface area contributed by atoms with Crippen molar-refractivity contribution in [2.45, 2.75) is 26.8 Å². The summed E-state index contributed by atoms with van der Waals surface area (Å²) in [5.74, 6) is 0.865. The highest BCUT2D eigenvalue weighted by Gasteiger charge is 2.11. The number of rotatable bonds is 8. The number of hydrogen-bond donors (Lipinski definition) is 2. The minimum absolute atomic E-state index is 0.142. The van der Waals surface area contributed by atoms with Crippen LogP contribution in [0.15, 0.2) is 29.6 Å². The van der Waals surface area contributed by atoms with Gasteiger partial charge in [0.1, 0.15) is 5.75 Å². The van der Waals surface area contributed by atoms with Crippen LogP contribution in [0, 0.1) is 5.92 Å². The fourth-order valence-electron chi connectivity index (χ4n) is 2.02. The zero-order valence-electron chi connectivity index (χ0n) is 15.1. The van der Waals surface area contributed by atoms with Crippen LogP contribution in [-0.2, 0) is 22.5 Å². The molecule has 0 bridgehead atoms. The molecule has 0 atom stereocenters. The van der Waals surface area contributed by atoms with Gasteiger partial charge < -0.3 is 14.8 Å². The van der Waals surface area contributed by atoms with Gasteiger partial charge in [0.25, 0.3) is 0 Å². The van der Waals surface area contributed by atoms with E-state index in [2.05, 4.69) is 15.6 Å². The second kappa shape index (κ2) is 9.76. The molecule has 0 unspecified atom stereocenters. The van der Waals surface area contributed by atoms with Gasteiger partial charge in [-0.2, -0.15) is 0 Å². The average Bonchev–Trinajstić information content (AvgIpc) is 3.05. The number of thiazole rings is 1. The summed E-state index contributed by atoms with van der Waals surface area (Å²) in [6.07, 6.45) is -0.398. The number of ether oxygens (including phenoxy) is 2. The number of methoxy groups -OCH3 is 1. The molecule has 140 valence electrons. The second-order valence-electron chi connectivity index (χ2n) is 6.07. The molecule has 1 aromatic heterocycles. The van der Waals surface area contributed by atoms with Crippen LogP contribution in [0.25, 0.3) is 0 Å². The zero-order chi connectivity index (χ0) is 18.9. The molecule has 7 nitrogen and oxygen atoms in total. The Morgan fingerprint density at radius 2 is 2.12 bits per heavy atom. The summed E-state index contributed by atoms with van der Waals surface area (Å²) >= 11 is 1.25. The number of carbonyl (C=O) groups is 2. The third kappa shape index (κ3) is 6.72. The predicted octanol–water partition coefficient (Wildman–Crippen LogP) is 3.22. The molecule has 0 saturated carbocycles. The lowest BCUT2D eigenvalue weighted by Gasteiger charge is -2.07. The van der Waals surface area contributed by atoms with E-state index in [1.165, 1.54) is 11.3 Å². The summed E-state index contributed by atoms with van der Waals surface area (Å²) in [5, 5.41) is 7.55. The number of benzene rings is 1. The van der Waals surface area contributed by atoms with Crippen LogP contribution in [0.3, 0.4) is 0 Å². The summed E-state index contributed by atoms with van der Waals surface area (Å²) in [7, 11) is 1.60. The summed E-state index contributed by atoms with van der Waals surface area (Å²) < 4.78 is 10.2. The van der Waals surface area contributed by atoms with E-state index in [1.807, 2.05) is 38.1 Å². The van der Waals surface area contributed by atoms with Crippen molar-refractivity contribution in [3.63, 3.8) is 0 Å². The molecule has 0 aliphatic rings. The van der Waals surface area contributed by atoms with Crippen LogP contribution in [-0.4, -0.2) is 30.7 Å². The third-order valence-electron chi connectivity index (χ3n) is 3.27. The Kier molecular flexibility index (Phi) is 7.40. The standard InChI is InChI=1S/C18H23N3O4S/c1-12(2)10-25-18(23)21-17-20-14(11-26-17)8-16(22)19-9-13-5-4-6-15(7-13)24-3/h4-7,11-12H,8-10H2,1-3H3,(H,19,22)(H,20,21,23). The minimum Gasteiger partial charge on any atom is -0.497 e. The van der Waals surface area contributed by atoms with Crippen molar-refractivity contribution in [1.82, 2.24) is 10.3 Å². The van der Waals surface area contributed by atoms with Gasteiger partial charge in [0.2, 0.25) is 5.91 Å². The fraction of sp³-hybridized carbons (Fsp3) is 0.389.